The Hall–Kier alpha value is -1.02. The Balaban J connectivity index is 4.36. The molecule has 0 aliphatic rings. The van der Waals surface area contributed by atoms with Gasteiger partial charge in [-0.15, -0.1) is 0 Å². The minimum absolute atomic E-state index is 0.00403. The predicted molar refractivity (Wildman–Crippen MR) is 247 cm³/mol. The van der Waals surface area contributed by atoms with E-state index in [0.717, 1.165) is 38.5 Å². The van der Waals surface area contributed by atoms with Gasteiger partial charge < -0.3 is 28.8 Å². The van der Waals surface area contributed by atoms with Gasteiger partial charge in [-0.2, -0.15) is 0 Å². The summed E-state index contributed by atoms with van der Waals surface area (Å²) in [5.74, 6) is -0.204. The van der Waals surface area contributed by atoms with Gasteiger partial charge in [0.2, 0.25) is 5.91 Å². The highest BCUT2D eigenvalue weighted by Crippen LogP contribution is 2.38. The van der Waals surface area contributed by atoms with Crippen molar-refractivity contribution in [2.24, 2.45) is 0 Å². The van der Waals surface area contributed by atoms with E-state index in [1.54, 1.807) is 6.08 Å². The average molecular weight is 841 g/mol. The number of amides is 1. The van der Waals surface area contributed by atoms with Gasteiger partial charge in [-0.05, 0) is 32.1 Å². The van der Waals surface area contributed by atoms with Crippen molar-refractivity contribution in [1.82, 2.24) is 5.32 Å². The van der Waals surface area contributed by atoms with E-state index < -0.39 is 20.0 Å². The Morgan fingerprint density at radius 2 is 0.966 bits per heavy atom. The van der Waals surface area contributed by atoms with E-state index in [4.69, 9.17) is 9.05 Å². The molecule has 3 atom stereocenters. The Labute approximate surface area is 360 Å². The summed E-state index contributed by atoms with van der Waals surface area (Å²) in [5.41, 5.74) is 0. The molecule has 0 saturated carbocycles. The highest BCUT2D eigenvalue weighted by Gasteiger charge is 2.23. The molecule has 0 aliphatic heterocycles. The first-order valence-corrected chi connectivity index (χ1v) is 26.2. The number of nitrogens with one attached hydrogen (secondary N) is 1. The molecule has 0 spiro atoms. The summed E-state index contributed by atoms with van der Waals surface area (Å²) in [6.45, 7) is 4.65. The van der Waals surface area contributed by atoms with Crippen LogP contribution >= 0.6 is 7.82 Å². The van der Waals surface area contributed by atoms with Crippen molar-refractivity contribution in [3.05, 3.63) is 24.3 Å². The number of carbonyl (C=O) groups excluding carboxylic acids is 1. The summed E-state index contributed by atoms with van der Waals surface area (Å²) >= 11 is 0. The van der Waals surface area contributed by atoms with Crippen molar-refractivity contribution in [3.63, 3.8) is 0 Å². The number of nitrogens with zero attached hydrogens (tertiary/aromatic N) is 1. The van der Waals surface area contributed by atoms with Gasteiger partial charge in [0.15, 0.2) is 0 Å². The van der Waals surface area contributed by atoms with Crippen molar-refractivity contribution in [2.75, 3.05) is 40.9 Å². The third-order valence-electron chi connectivity index (χ3n) is 11.2. The normalized spacial score (nSPS) is 14.4. The summed E-state index contributed by atoms with van der Waals surface area (Å²) in [5, 5.41) is 13.8. The van der Waals surface area contributed by atoms with Crippen molar-refractivity contribution in [2.45, 2.75) is 244 Å². The number of unbranched alkanes of at least 4 members (excludes halogenated alkanes) is 30. The zero-order valence-electron chi connectivity index (χ0n) is 39.0. The summed E-state index contributed by atoms with van der Waals surface area (Å²) < 4.78 is 23.2. The van der Waals surface area contributed by atoms with E-state index in [1.807, 2.05) is 27.2 Å². The number of phosphoric ester groups is 1. The molecule has 1 amide bonds. The van der Waals surface area contributed by atoms with Crippen LogP contribution in [0.15, 0.2) is 24.3 Å². The molecule has 1 unspecified atom stereocenters. The van der Waals surface area contributed by atoms with Crippen molar-refractivity contribution >= 4 is 13.7 Å². The largest absolute Gasteiger partial charge is 0.756 e. The maximum Gasteiger partial charge on any atom is 0.268 e. The van der Waals surface area contributed by atoms with Crippen molar-refractivity contribution in [3.8, 4) is 0 Å². The Morgan fingerprint density at radius 1 is 0.586 bits per heavy atom. The van der Waals surface area contributed by atoms with E-state index in [2.05, 4.69) is 31.3 Å². The van der Waals surface area contributed by atoms with Gasteiger partial charge in [-0.1, -0.05) is 218 Å². The van der Waals surface area contributed by atoms with Crippen LogP contribution in [0.3, 0.4) is 0 Å². The van der Waals surface area contributed by atoms with Gasteiger partial charge in [0, 0.05) is 6.42 Å². The standard InChI is InChI=1S/C49H97N2O6P/c1-6-8-10-12-14-16-18-20-22-24-25-27-29-31-33-35-37-39-41-43-49(53)50-47(46-57-58(54,55)56-45-44-51(3,4)5)48(52)42-40-38-36-34-32-30-28-26-23-21-19-17-15-13-11-9-7-2/h32,34,40,42,47-48,52H,6-31,33,35-39,41,43-46H2,1-5H3,(H-,50,53,54,55)/b34-32+,42-40+/t47-,48+/m0/s1. The van der Waals surface area contributed by atoms with Crippen LogP contribution < -0.4 is 10.2 Å². The van der Waals surface area contributed by atoms with E-state index in [0.29, 0.717) is 17.4 Å². The molecule has 0 fully saturated rings. The van der Waals surface area contributed by atoms with Crippen LogP contribution in [0.2, 0.25) is 0 Å². The molecular formula is C49H97N2O6P. The summed E-state index contributed by atoms with van der Waals surface area (Å²) in [6, 6.07) is -0.898. The smallest absolute Gasteiger partial charge is 0.268 e. The monoisotopic (exact) mass is 841 g/mol. The third-order valence-corrected chi connectivity index (χ3v) is 12.1. The lowest BCUT2D eigenvalue weighted by Gasteiger charge is -2.29. The summed E-state index contributed by atoms with van der Waals surface area (Å²) in [7, 11) is 1.25. The maximum atomic E-state index is 12.9. The molecule has 0 radical (unpaired) electrons. The SMILES string of the molecule is CCCCCCCCCCCCC/C=C/CC/C=C/[C@@H](O)[C@H](COP(=O)([O-])OCC[N+](C)(C)C)NC(=O)CCCCCCCCCCCCCCCCCCCCC. The van der Waals surface area contributed by atoms with Crippen LogP contribution in [0.1, 0.15) is 232 Å². The molecular weight excluding hydrogens is 744 g/mol. The minimum Gasteiger partial charge on any atom is -0.756 e. The van der Waals surface area contributed by atoms with Gasteiger partial charge in [0.1, 0.15) is 13.2 Å². The third kappa shape index (κ3) is 43.1. The second-order valence-electron chi connectivity index (χ2n) is 18.2. The number of likely N-dealkylation sites (N-methyl/N-ethyl adjacent to an activating group) is 1. The molecule has 0 aliphatic carbocycles. The molecule has 0 aromatic rings. The average Bonchev–Trinajstić information content (AvgIpc) is 3.17. The zero-order valence-corrected chi connectivity index (χ0v) is 39.9. The Kier molecular flexibility index (Phi) is 40.6. The van der Waals surface area contributed by atoms with E-state index in [-0.39, 0.29) is 19.1 Å². The van der Waals surface area contributed by atoms with Crippen LogP contribution in [0.4, 0.5) is 0 Å². The number of quaternary nitrogens is 1. The van der Waals surface area contributed by atoms with E-state index in [1.165, 1.54) is 173 Å². The fourth-order valence-corrected chi connectivity index (χ4v) is 7.95. The molecule has 0 aromatic heterocycles. The zero-order chi connectivity index (χ0) is 42.8. The van der Waals surface area contributed by atoms with Crippen molar-refractivity contribution in [1.29, 1.82) is 0 Å². The van der Waals surface area contributed by atoms with Crippen LogP contribution in [0, 0.1) is 0 Å². The Morgan fingerprint density at radius 3 is 1.40 bits per heavy atom. The van der Waals surface area contributed by atoms with Gasteiger partial charge in [0.05, 0.1) is 39.9 Å². The van der Waals surface area contributed by atoms with Gasteiger partial charge in [-0.25, -0.2) is 0 Å². The second-order valence-corrected chi connectivity index (χ2v) is 19.6. The molecule has 0 bridgehead atoms. The quantitative estimate of drug-likeness (QED) is 0.0274. The first kappa shape index (κ1) is 57.0. The molecule has 2 N–H and O–H groups in total. The topological polar surface area (TPSA) is 108 Å². The van der Waals surface area contributed by atoms with Crippen LogP contribution in [-0.2, 0) is 18.4 Å². The number of allylic oxidation sites excluding steroid dienone is 3. The van der Waals surface area contributed by atoms with Gasteiger partial charge in [0.25, 0.3) is 7.82 Å². The number of carbonyl (C=O) groups is 1. The molecule has 8 nitrogen and oxygen atoms in total. The molecule has 0 aromatic carbocycles. The molecule has 9 heteroatoms. The van der Waals surface area contributed by atoms with Gasteiger partial charge >= 0.3 is 0 Å². The molecule has 0 saturated heterocycles. The lowest BCUT2D eigenvalue weighted by molar-refractivity contribution is -0.870. The molecule has 0 rings (SSSR count). The fourth-order valence-electron chi connectivity index (χ4n) is 7.23. The van der Waals surface area contributed by atoms with E-state index >= 15 is 0 Å². The Bertz CT molecular complexity index is 1000. The van der Waals surface area contributed by atoms with Crippen LogP contribution in [0.25, 0.3) is 0 Å². The summed E-state index contributed by atoms with van der Waals surface area (Å²) in [4.78, 5) is 25.4. The number of phosphoric acid groups is 1. The molecule has 0 heterocycles. The minimum atomic E-state index is -4.59. The maximum absolute atomic E-state index is 12.9. The number of aliphatic hydroxyl groups excluding tert-OH is 1. The predicted octanol–water partition coefficient (Wildman–Crippen LogP) is 13.5. The van der Waals surface area contributed by atoms with Gasteiger partial charge in [-0.3, -0.25) is 9.36 Å². The number of aliphatic hydroxyl groups is 1. The lowest BCUT2D eigenvalue weighted by atomic mass is 10.0. The first-order chi connectivity index (χ1) is 28.0. The highest BCUT2D eigenvalue weighted by atomic mass is 31.2. The first-order valence-electron chi connectivity index (χ1n) is 24.7. The lowest BCUT2D eigenvalue weighted by Crippen LogP contribution is -2.45. The number of hydrogen-bond acceptors (Lipinski definition) is 6. The second kappa shape index (κ2) is 41.3. The number of rotatable bonds is 45. The highest BCUT2D eigenvalue weighted by molar-refractivity contribution is 7.45. The van der Waals surface area contributed by atoms with Crippen LogP contribution in [0.5, 0.6) is 0 Å². The molecule has 58 heavy (non-hydrogen) atoms. The molecule has 344 valence electrons. The van der Waals surface area contributed by atoms with Crippen molar-refractivity contribution < 1.29 is 32.9 Å². The van der Waals surface area contributed by atoms with E-state index in [9.17, 15) is 19.4 Å². The number of hydrogen-bond donors (Lipinski definition) is 2. The fraction of sp³-hybridized carbons (Fsp3) is 0.898. The van der Waals surface area contributed by atoms with Crippen LogP contribution in [-0.4, -0.2) is 68.5 Å². The summed E-state index contributed by atoms with van der Waals surface area (Å²) in [6.07, 6.45) is 49.4.